The lowest BCUT2D eigenvalue weighted by Crippen LogP contribution is -2.33. The molecule has 1 saturated carbocycles. The highest BCUT2D eigenvalue weighted by molar-refractivity contribution is 5.84. The molecule has 6 N–H and O–H groups in total. The molecule has 0 radical (unpaired) electrons. The van der Waals surface area contributed by atoms with Gasteiger partial charge in [0.15, 0.2) is 41.2 Å². The van der Waals surface area contributed by atoms with E-state index < -0.39 is 24.5 Å². The molecule has 4 atom stereocenters. The minimum absolute atomic E-state index is 0.0320. The van der Waals surface area contributed by atoms with Crippen molar-refractivity contribution in [2.45, 2.75) is 81.6 Å². The molecule has 250 valence electrons. The van der Waals surface area contributed by atoms with Gasteiger partial charge in [0.2, 0.25) is 5.95 Å². The van der Waals surface area contributed by atoms with Crippen molar-refractivity contribution in [3.05, 3.63) is 89.8 Å². The second kappa shape index (κ2) is 14.1. The highest BCUT2D eigenvalue weighted by atomic mass is 16.6. The fourth-order valence-electron chi connectivity index (χ4n) is 6.63. The molecule has 0 spiro atoms. The van der Waals surface area contributed by atoms with Crippen LogP contribution in [0.25, 0.3) is 11.2 Å². The highest BCUT2D eigenvalue weighted by Crippen LogP contribution is 2.41. The minimum atomic E-state index is -1.24. The number of benzene rings is 2. The number of aliphatic hydroxyl groups excluding tert-OH is 1. The Morgan fingerprint density at radius 2 is 1.77 bits per heavy atom. The van der Waals surface area contributed by atoms with E-state index in [2.05, 4.69) is 50.1 Å². The number of ether oxygens (including phenoxy) is 2. The smallest absolute Gasteiger partial charge is 0.293 e. The van der Waals surface area contributed by atoms with Crippen molar-refractivity contribution in [1.82, 2.24) is 34.7 Å². The lowest BCUT2D eigenvalue weighted by molar-refractivity contribution is -0.142. The molecule has 0 unspecified atom stereocenters. The number of rotatable bonds is 12. The van der Waals surface area contributed by atoms with E-state index in [-0.39, 0.29) is 23.8 Å². The van der Waals surface area contributed by atoms with E-state index in [0.717, 1.165) is 36.8 Å². The third-order valence-corrected chi connectivity index (χ3v) is 9.24. The molecule has 3 aromatic heterocycles. The number of aryl methyl sites for hydroxylation is 1. The number of nitrogens with two attached hydrogens (primary N) is 1. The number of aliphatic hydroxyl groups is 1. The van der Waals surface area contributed by atoms with Crippen molar-refractivity contribution < 1.29 is 19.4 Å². The van der Waals surface area contributed by atoms with Gasteiger partial charge in [-0.15, -0.1) is 0 Å². The molecule has 1 aliphatic carbocycles. The van der Waals surface area contributed by atoms with Gasteiger partial charge in [-0.25, -0.2) is 9.97 Å². The number of carbonyl (C=O) groups excluding carboxylic acids is 1. The van der Waals surface area contributed by atoms with Crippen LogP contribution in [0.1, 0.15) is 73.6 Å². The number of imidazole rings is 1. The van der Waals surface area contributed by atoms with Crippen LogP contribution < -0.4 is 16.4 Å². The number of fused-ring (bicyclic) bond motifs is 1. The Labute approximate surface area is 277 Å². The summed E-state index contributed by atoms with van der Waals surface area (Å²) in [6.45, 7) is 2.78. The van der Waals surface area contributed by atoms with Crippen LogP contribution in [0.5, 0.6) is 0 Å². The highest BCUT2D eigenvalue weighted by Gasteiger charge is 2.49. The van der Waals surface area contributed by atoms with Crippen LogP contribution >= 0.6 is 0 Å². The summed E-state index contributed by atoms with van der Waals surface area (Å²) in [5.74, 6) is 1.91. The first kappa shape index (κ1) is 31.7. The van der Waals surface area contributed by atoms with E-state index in [4.69, 9.17) is 30.2 Å². The molecule has 2 aromatic carbocycles. The number of carbonyl (C=O) groups is 1. The summed E-state index contributed by atoms with van der Waals surface area (Å²) < 4.78 is 13.4. The van der Waals surface area contributed by atoms with Crippen LogP contribution in [0.2, 0.25) is 0 Å². The molecule has 48 heavy (non-hydrogen) atoms. The summed E-state index contributed by atoms with van der Waals surface area (Å²) in [6, 6.07) is 21.0. The number of aromatic nitrogens is 7. The fraction of sp³-hybridized carbons (Fsp3) is 0.412. The van der Waals surface area contributed by atoms with Crippen molar-refractivity contribution in [3.8, 4) is 0 Å². The molecule has 2 fully saturated rings. The molecule has 1 saturated heterocycles. The molecule has 0 bridgehead atoms. The van der Waals surface area contributed by atoms with Crippen molar-refractivity contribution >= 4 is 29.4 Å². The summed E-state index contributed by atoms with van der Waals surface area (Å²) in [6.07, 6.45) is 1.61. The first-order chi connectivity index (χ1) is 23.5. The summed E-state index contributed by atoms with van der Waals surface area (Å²) in [5.41, 5.74) is 9.45. The number of aromatic amines is 1. The molecular weight excluding hydrogens is 612 g/mol. The maximum absolute atomic E-state index is 11.6. The van der Waals surface area contributed by atoms with Gasteiger partial charge in [0.25, 0.3) is 6.47 Å². The average molecular weight is 653 g/mol. The summed E-state index contributed by atoms with van der Waals surface area (Å²) in [7, 11) is 0. The number of nitrogens with zero attached hydrogens (tertiary/aromatic N) is 6. The van der Waals surface area contributed by atoms with Gasteiger partial charge < -0.3 is 30.9 Å². The van der Waals surface area contributed by atoms with Gasteiger partial charge in [-0.05, 0) is 36.8 Å². The molecule has 2 aliphatic rings. The van der Waals surface area contributed by atoms with Crippen LogP contribution in [0.15, 0.2) is 67.0 Å². The third kappa shape index (κ3) is 6.46. The number of hydrogen-bond donors (Lipinski definition) is 5. The Bertz CT molecular complexity index is 1770. The van der Waals surface area contributed by atoms with Crippen LogP contribution in [0.4, 0.5) is 11.8 Å². The largest absolute Gasteiger partial charge is 0.457 e. The van der Waals surface area contributed by atoms with E-state index in [1.54, 1.807) is 10.9 Å². The monoisotopic (exact) mass is 652 g/mol. The van der Waals surface area contributed by atoms with Crippen molar-refractivity contribution in [3.63, 3.8) is 0 Å². The standard InChI is InChI=1S/C34H40N10O4/c1-2-25-39-31(43-42-25)28-27(46)29(47-19-45)33(48-28)44-18-37-26-30(40-34(41-32(26)44)38-23-15-13-22(35)14-16-23)36-17-24(20-9-5-3-6-10-20)21-11-7-4-8-12-21/h3-12,18-19,22-24,27-29,33,46H,2,13-17,35H2,1H3,(H,39,42,43)(H2,36,38,40,41)/t22?,23?,27-,28+,29-,33-/m1/s1. The number of hydrogen-bond acceptors (Lipinski definition) is 12. The molecule has 0 amide bonds. The number of nitrogens with one attached hydrogen (secondary N) is 3. The Hall–Kier alpha value is -4.92. The normalized spacial score (nSPS) is 24.2. The van der Waals surface area contributed by atoms with Gasteiger partial charge >= 0.3 is 0 Å². The zero-order chi connectivity index (χ0) is 33.0. The lowest BCUT2D eigenvalue weighted by atomic mass is 9.91. The summed E-state index contributed by atoms with van der Waals surface area (Å²) in [4.78, 5) is 30.6. The summed E-state index contributed by atoms with van der Waals surface area (Å²) >= 11 is 0. The topological polar surface area (TPSA) is 191 Å². The SMILES string of the molecule is CCc1nc([C@H]2O[C@@H](n3cnc4c(NCC(c5ccccc5)c5ccccc5)nc(NC5CCC(N)CC5)nc43)[C@H](OC=O)[C@@H]2O)n[nH]1. The maximum atomic E-state index is 11.6. The zero-order valence-electron chi connectivity index (χ0n) is 26.6. The lowest BCUT2D eigenvalue weighted by Gasteiger charge is -2.27. The second-order valence-corrected chi connectivity index (χ2v) is 12.4. The van der Waals surface area contributed by atoms with Gasteiger partial charge in [-0.2, -0.15) is 15.1 Å². The zero-order valence-corrected chi connectivity index (χ0v) is 26.6. The van der Waals surface area contributed by atoms with E-state index >= 15 is 0 Å². The Kier molecular flexibility index (Phi) is 9.27. The Morgan fingerprint density at radius 1 is 1.06 bits per heavy atom. The molecule has 14 heteroatoms. The van der Waals surface area contributed by atoms with Crippen molar-refractivity contribution in [2.75, 3.05) is 17.2 Å². The second-order valence-electron chi connectivity index (χ2n) is 12.4. The third-order valence-electron chi connectivity index (χ3n) is 9.24. The predicted molar refractivity (Wildman–Crippen MR) is 178 cm³/mol. The molecule has 1 aliphatic heterocycles. The maximum Gasteiger partial charge on any atom is 0.293 e. The van der Waals surface area contributed by atoms with Crippen LogP contribution in [-0.2, 0) is 20.7 Å². The number of H-pyrrole nitrogens is 1. The fourth-order valence-corrected chi connectivity index (χ4v) is 6.63. The van der Waals surface area contributed by atoms with Gasteiger partial charge in [-0.1, -0.05) is 67.6 Å². The van der Waals surface area contributed by atoms with Gasteiger partial charge in [0.05, 0.1) is 6.33 Å². The first-order valence-electron chi connectivity index (χ1n) is 16.5. The van der Waals surface area contributed by atoms with E-state index in [0.29, 0.717) is 48.2 Å². The number of anilines is 2. The molecular formula is C34H40N10O4. The Balaban J connectivity index is 1.25. The first-order valence-corrected chi connectivity index (χ1v) is 16.5. The van der Waals surface area contributed by atoms with Gasteiger partial charge in [-0.3, -0.25) is 14.5 Å². The van der Waals surface area contributed by atoms with Crippen molar-refractivity contribution in [1.29, 1.82) is 0 Å². The van der Waals surface area contributed by atoms with E-state index in [1.165, 1.54) is 0 Å². The quantitative estimate of drug-likeness (QED) is 0.123. The van der Waals surface area contributed by atoms with Crippen LogP contribution in [0, 0.1) is 0 Å². The van der Waals surface area contributed by atoms with E-state index in [1.807, 2.05) is 43.3 Å². The van der Waals surface area contributed by atoms with E-state index in [9.17, 15) is 9.90 Å². The van der Waals surface area contributed by atoms with Gasteiger partial charge in [0.1, 0.15) is 11.9 Å². The average Bonchev–Trinajstić information content (AvgIpc) is 3.85. The molecule has 7 rings (SSSR count). The predicted octanol–water partition coefficient (Wildman–Crippen LogP) is 3.61. The summed E-state index contributed by atoms with van der Waals surface area (Å²) in [5, 5.41) is 25.4. The van der Waals surface area contributed by atoms with Crippen LogP contribution in [0.3, 0.4) is 0 Å². The minimum Gasteiger partial charge on any atom is -0.457 e. The molecule has 4 heterocycles. The van der Waals surface area contributed by atoms with Crippen molar-refractivity contribution in [2.24, 2.45) is 5.73 Å². The molecule has 14 nitrogen and oxygen atoms in total. The Morgan fingerprint density at radius 3 is 2.42 bits per heavy atom. The van der Waals surface area contributed by atoms with Gasteiger partial charge in [0, 0.05) is 31.0 Å². The molecule has 5 aromatic rings. The van der Waals surface area contributed by atoms with Crippen LogP contribution in [-0.4, -0.2) is 77.1 Å².